The predicted octanol–water partition coefficient (Wildman–Crippen LogP) is 1.19. The van der Waals surface area contributed by atoms with Gasteiger partial charge in [-0.25, -0.2) is 0 Å². The first-order valence-corrected chi connectivity index (χ1v) is 3.51. The molecule has 0 saturated carbocycles. The minimum atomic E-state index is -1.11. The molecule has 0 aromatic heterocycles. The zero-order chi connectivity index (χ0) is 10.0. The Balaban J connectivity index is 0.00000169. The number of carboxylic acid groups (broad SMARTS) is 2. The van der Waals surface area contributed by atoms with Crippen LogP contribution in [0.1, 0.15) is 26.3 Å². The molecule has 14 heavy (non-hydrogen) atoms. The molecule has 71 valence electrons. The molecular weight excluding hydrogens is 261 g/mol. The van der Waals surface area contributed by atoms with Gasteiger partial charge in [-0.2, -0.15) is 0 Å². The summed E-state index contributed by atoms with van der Waals surface area (Å²) in [7, 11) is 0. The Hall–Kier alpha value is -0.736. The molecule has 5 heteroatoms. The van der Waals surface area contributed by atoms with Gasteiger partial charge in [0.1, 0.15) is 0 Å². The molecule has 2 N–H and O–H groups in total. The van der Waals surface area contributed by atoms with Crippen LogP contribution in [-0.2, 0) is 32.7 Å². The summed E-state index contributed by atoms with van der Waals surface area (Å²) in [4.78, 5) is 21.0. The number of benzene rings is 1. The van der Waals surface area contributed by atoms with E-state index in [-0.39, 0.29) is 43.8 Å². The quantitative estimate of drug-likeness (QED) is 0.790. The van der Waals surface area contributed by atoms with Gasteiger partial charge in [-0.15, -0.1) is 23.8 Å². The third kappa shape index (κ3) is 2.89. The van der Waals surface area contributed by atoms with Crippen LogP contribution in [0.4, 0.5) is 0 Å². The van der Waals surface area contributed by atoms with Crippen LogP contribution < -0.4 is 0 Å². The first-order chi connectivity index (χ1) is 6.02. The third-order valence-electron chi connectivity index (χ3n) is 1.62. The van der Waals surface area contributed by atoms with E-state index in [2.05, 4.69) is 6.07 Å². The van der Waals surface area contributed by atoms with E-state index in [1.54, 1.807) is 6.92 Å². The average Bonchev–Trinajstić information content (AvgIpc) is 2.03. The first-order valence-electron chi connectivity index (χ1n) is 3.51. The molecule has 0 aliphatic rings. The molecule has 1 aromatic rings. The molecule has 0 spiro atoms. The van der Waals surface area contributed by atoms with Gasteiger partial charge in [0.15, 0.2) is 0 Å². The Kier molecular flexibility index (Phi) is 4.95. The van der Waals surface area contributed by atoms with Gasteiger partial charge < -0.3 is 15.0 Å². The van der Waals surface area contributed by atoms with Gasteiger partial charge in [0.25, 0.3) is 5.97 Å². The summed E-state index contributed by atoms with van der Waals surface area (Å²) in [5.41, 5.74) is 0.469. The fraction of sp³-hybridized carbons (Fsp3) is 0.111. The number of carbonyl (C=O) groups is 2. The molecule has 0 aliphatic heterocycles. The van der Waals surface area contributed by atoms with Crippen LogP contribution >= 0.6 is 0 Å². The van der Waals surface area contributed by atoms with Gasteiger partial charge in [0.05, 0.1) is 0 Å². The van der Waals surface area contributed by atoms with E-state index >= 15 is 0 Å². The van der Waals surface area contributed by atoms with Crippen molar-refractivity contribution >= 4 is 11.9 Å². The maximum absolute atomic E-state index is 10.5. The molecule has 4 nitrogen and oxygen atoms in total. The van der Waals surface area contributed by atoms with E-state index in [0.717, 1.165) is 0 Å². The number of rotatable bonds is 2. The van der Waals surface area contributed by atoms with Crippen molar-refractivity contribution in [2.24, 2.45) is 0 Å². The first kappa shape index (κ1) is 13.3. The molecule has 1 radical (unpaired) electrons. The Bertz CT molecular complexity index is 373. The van der Waals surface area contributed by atoms with Crippen molar-refractivity contribution in [3.8, 4) is 0 Å². The predicted molar refractivity (Wildman–Crippen MR) is 43.9 cm³/mol. The summed E-state index contributed by atoms with van der Waals surface area (Å²) < 4.78 is 0. The summed E-state index contributed by atoms with van der Waals surface area (Å²) in [5, 5.41) is 17.2. The van der Waals surface area contributed by atoms with Crippen molar-refractivity contribution in [1.82, 2.24) is 0 Å². The van der Waals surface area contributed by atoms with E-state index in [1.165, 1.54) is 12.1 Å². The van der Waals surface area contributed by atoms with E-state index in [1.807, 2.05) is 0 Å². The monoisotopic (exact) mass is 268 g/mol. The Labute approximate surface area is 106 Å². The van der Waals surface area contributed by atoms with Gasteiger partial charge in [0.2, 0.25) is 5.97 Å². The summed E-state index contributed by atoms with van der Waals surface area (Å²) in [6.45, 7) is 1.55. The van der Waals surface area contributed by atoms with Crippen LogP contribution in [0.15, 0.2) is 12.1 Å². The van der Waals surface area contributed by atoms with Crippen LogP contribution in [0.3, 0.4) is 0 Å². The van der Waals surface area contributed by atoms with E-state index < -0.39 is 11.9 Å². The molecule has 0 atom stereocenters. The molecule has 1 rings (SSSR count). The Morgan fingerprint density at radius 3 is 2.21 bits per heavy atom. The third-order valence-corrected chi connectivity index (χ3v) is 1.62. The molecule has 0 saturated heterocycles. The summed E-state index contributed by atoms with van der Waals surface area (Å²) in [5.74, 6) is -2.19. The van der Waals surface area contributed by atoms with Gasteiger partial charge in [-0.05, 0) is 5.56 Å². The molecule has 0 fully saturated rings. The van der Waals surface area contributed by atoms with E-state index in [0.29, 0.717) is 5.56 Å². The number of hydrogen-bond acceptors (Lipinski definition) is 2. The molecule has 1 aromatic carbocycles. The van der Waals surface area contributed by atoms with Crippen LogP contribution in [0.2, 0.25) is 0 Å². The van der Waals surface area contributed by atoms with Crippen LogP contribution in [-0.4, -0.2) is 22.2 Å². The molecule has 0 bridgehead atoms. The second kappa shape index (κ2) is 5.22. The van der Waals surface area contributed by atoms with Crippen molar-refractivity contribution in [2.75, 3.05) is 0 Å². The topological polar surface area (TPSA) is 74.6 Å². The van der Waals surface area contributed by atoms with Gasteiger partial charge >= 0.3 is 0 Å². The van der Waals surface area contributed by atoms with E-state index in [9.17, 15) is 9.59 Å². The number of aromatic carboxylic acids is 2. The molecule has 0 aliphatic carbocycles. The van der Waals surface area contributed by atoms with Crippen LogP contribution in [0, 0.1) is 13.0 Å². The average molecular weight is 268 g/mol. The van der Waals surface area contributed by atoms with Crippen molar-refractivity contribution in [1.29, 1.82) is 0 Å². The number of carboxylic acids is 2. The summed E-state index contributed by atoms with van der Waals surface area (Å²) >= 11 is 0. The second-order valence-electron chi connectivity index (χ2n) is 2.55. The largest absolute Gasteiger partial charge is 0.521 e. The number of aryl methyl sites for hydroxylation is 1. The molecule has 0 amide bonds. The van der Waals surface area contributed by atoms with Gasteiger partial charge in [-0.1, -0.05) is 12.5 Å². The van der Waals surface area contributed by atoms with Crippen molar-refractivity contribution in [2.45, 2.75) is 6.92 Å². The van der Waals surface area contributed by atoms with Gasteiger partial charge in [0, 0.05) is 32.7 Å². The standard InChI is InChI=1S/C9H7O4.Y/c1-5-4-6(8(10)11)2-3-7(5)9(12)13;/h3-4H,1H3,(H,10,11)(H,12,13);/q-1;. The maximum Gasteiger partial charge on any atom is 0.293 e. The zero-order valence-electron chi connectivity index (χ0n) is 7.44. The maximum atomic E-state index is 10.5. The van der Waals surface area contributed by atoms with Crippen molar-refractivity contribution < 1.29 is 52.5 Å². The molecular formula is C9H7O4Y-. The van der Waals surface area contributed by atoms with Crippen molar-refractivity contribution in [3.05, 3.63) is 34.9 Å². The smallest absolute Gasteiger partial charge is 0.293 e. The van der Waals surface area contributed by atoms with Crippen LogP contribution in [0.5, 0.6) is 0 Å². The summed E-state index contributed by atoms with van der Waals surface area (Å²) in [6.07, 6.45) is 0. The normalized spacial score (nSPS) is 8.93. The second-order valence-corrected chi connectivity index (χ2v) is 2.55. The summed E-state index contributed by atoms with van der Waals surface area (Å²) in [6, 6.07) is 4.83. The fourth-order valence-electron chi connectivity index (χ4n) is 0.954. The molecule has 0 heterocycles. The Morgan fingerprint density at radius 2 is 1.86 bits per heavy atom. The minimum absolute atomic E-state index is 0. The van der Waals surface area contributed by atoms with Crippen molar-refractivity contribution in [3.63, 3.8) is 0 Å². The zero-order valence-corrected chi connectivity index (χ0v) is 10.3. The minimum Gasteiger partial charge on any atom is -0.521 e. The van der Waals surface area contributed by atoms with E-state index in [4.69, 9.17) is 10.2 Å². The Morgan fingerprint density at radius 1 is 1.29 bits per heavy atom. The molecule has 0 unspecified atom stereocenters. The van der Waals surface area contributed by atoms with Gasteiger partial charge in [-0.3, -0.25) is 4.79 Å². The SMILES string of the molecule is Cc1cc(C(=O)O)[c-]cc1C(=O)O.[Y]. The fourth-order valence-corrected chi connectivity index (χ4v) is 0.954. The van der Waals surface area contributed by atoms with Crippen LogP contribution in [0.25, 0.3) is 0 Å². The number of hydrogen-bond donors (Lipinski definition) is 2.